The summed E-state index contributed by atoms with van der Waals surface area (Å²) in [5.74, 6) is -0.319. The van der Waals surface area contributed by atoms with Gasteiger partial charge >= 0.3 is 6.18 Å². The van der Waals surface area contributed by atoms with Gasteiger partial charge in [-0.2, -0.15) is 13.2 Å². The van der Waals surface area contributed by atoms with E-state index in [2.05, 4.69) is 0 Å². The Hall–Kier alpha value is -1.98. The van der Waals surface area contributed by atoms with Gasteiger partial charge in [-0.25, -0.2) is 0 Å². The van der Waals surface area contributed by atoms with Crippen molar-refractivity contribution >= 4 is 11.6 Å². The average molecular weight is 244 g/mol. The summed E-state index contributed by atoms with van der Waals surface area (Å²) in [6.45, 7) is 1.67. The van der Waals surface area contributed by atoms with Crippen LogP contribution >= 0.6 is 0 Å². The fraction of sp³-hybridized carbons (Fsp3) is 0.182. The number of nitrogen functional groups attached to an aromatic ring is 1. The Morgan fingerprint density at radius 3 is 2.59 bits per heavy atom. The van der Waals surface area contributed by atoms with Crippen molar-refractivity contribution in [3.8, 4) is 5.75 Å². The molecule has 0 fully saturated rings. The van der Waals surface area contributed by atoms with Crippen LogP contribution in [0.3, 0.4) is 0 Å². The third-order valence-corrected chi connectivity index (χ3v) is 1.88. The van der Waals surface area contributed by atoms with Crippen molar-refractivity contribution in [3.63, 3.8) is 0 Å². The summed E-state index contributed by atoms with van der Waals surface area (Å²) in [7, 11) is 0. The lowest BCUT2D eigenvalue weighted by atomic mass is 10.1. The summed E-state index contributed by atoms with van der Waals surface area (Å²) in [6.07, 6.45) is -1.67. The Bertz CT molecular complexity index is 453. The van der Waals surface area contributed by atoms with Crippen LogP contribution in [-0.4, -0.2) is 5.90 Å². The maximum absolute atomic E-state index is 12.5. The molecule has 0 saturated heterocycles. The topological polar surface area (TPSA) is 59.1 Å². The maximum atomic E-state index is 12.5. The van der Waals surface area contributed by atoms with Crippen LogP contribution < -0.4 is 10.5 Å². The zero-order valence-corrected chi connectivity index (χ0v) is 9.01. The van der Waals surface area contributed by atoms with Gasteiger partial charge < -0.3 is 10.5 Å². The summed E-state index contributed by atoms with van der Waals surface area (Å²) in [6, 6.07) is 3.15. The van der Waals surface area contributed by atoms with Gasteiger partial charge in [0.05, 0.1) is 5.56 Å². The van der Waals surface area contributed by atoms with Crippen molar-refractivity contribution in [2.24, 2.45) is 0 Å². The Labute approximate surface area is 96.2 Å². The number of rotatable bonds is 2. The molecule has 0 aliphatic rings. The molecule has 17 heavy (non-hydrogen) atoms. The van der Waals surface area contributed by atoms with Crippen LogP contribution in [0.15, 0.2) is 30.4 Å². The monoisotopic (exact) mass is 244 g/mol. The number of halogens is 3. The quantitative estimate of drug-likeness (QED) is 0.476. The lowest BCUT2D eigenvalue weighted by Crippen LogP contribution is -2.10. The molecule has 3 nitrogen and oxygen atoms in total. The van der Waals surface area contributed by atoms with Gasteiger partial charge in [0.2, 0.25) is 5.90 Å². The van der Waals surface area contributed by atoms with Gasteiger partial charge in [-0.05, 0) is 31.2 Å². The summed E-state index contributed by atoms with van der Waals surface area (Å²) in [5.41, 5.74) is 3.88. The zero-order valence-electron chi connectivity index (χ0n) is 9.01. The van der Waals surface area contributed by atoms with Crippen LogP contribution in [0.5, 0.6) is 5.75 Å². The zero-order chi connectivity index (χ0) is 13.1. The second-order valence-electron chi connectivity index (χ2n) is 3.21. The van der Waals surface area contributed by atoms with Crippen molar-refractivity contribution in [3.05, 3.63) is 35.9 Å². The molecule has 0 aromatic heterocycles. The highest BCUT2D eigenvalue weighted by Gasteiger charge is 2.33. The fourth-order valence-electron chi connectivity index (χ4n) is 1.16. The molecule has 0 spiro atoms. The third-order valence-electron chi connectivity index (χ3n) is 1.88. The fourth-order valence-corrected chi connectivity index (χ4v) is 1.16. The van der Waals surface area contributed by atoms with Gasteiger partial charge in [-0.3, -0.25) is 5.41 Å². The van der Waals surface area contributed by atoms with Gasteiger partial charge in [-0.15, -0.1) is 0 Å². The smallest absolute Gasteiger partial charge is 0.418 e. The molecule has 0 aliphatic carbocycles. The van der Waals surface area contributed by atoms with Crippen LogP contribution in [0, 0.1) is 5.41 Å². The highest BCUT2D eigenvalue weighted by atomic mass is 19.4. The van der Waals surface area contributed by atoms with E-state index in [9.17, 15) is 13.2 Å². The Morgan fingerprint density at radius 2 is 2.06 bits per heavy atom. The second-order valence-corrected chi connectivity index (χ2v) is 3.21. The SMILES string of the molecule is C/C=C/C(=N)Oc1ccc(N)c(C(F)(F)F)c1. The highest BCUT2D eigenvalue weighted by Crippen LogP contribution is 2.35. The number of nitrogens with two attached hydrogens (primary N) is 1. The molecule has 0 atom stereocenters. The molecule has 0 heterocycles. The molecule has 0 bridgehead atoms. The first-order chi connectivity index (χ1) is 7.84. The summed E-state index contributed by atoms with van der Waals surface area (Å²) >= 11 is 0. The molecule has 6 heteroatoms. The van der Waals surface area contributed by atoms with Gasteiger partial charge in [0, 0.05) is 5.69 Å². The summed E-state index contributed by atoms with van der Waals surface area (Å²) in [5, 5.41) is 7.28. The Balaban J connectivity index is 3.01. The van der Waals surface area contributed by atoms with Gasteiger partial charge in [0.15, 0.2) is 0 Å². The highest BCUT2D eigenvalue weighted by molar-refractivity contribution is 5.86. The molecule has 1 rings (SSSR count). The van der Waals surface area contributed by atoms with E-state index in [1.54, 1.807) is 13.0 Å². The molecular formula is C11H11F3N2O. The number of nitrogens with one attached hydrogen (secondary N) is 1. The largest absolute Gasteiger partial charge is 0.440 e. The molecular weight excluding hydrogens is 233 g/mol. The maximum Gasteiger partial charge on any atom is 0.418 e. The first-order valence-corrected chi connectivity index (χ1v) is 4.70. The molecule has 0 unspecified atom stereocenters. The first-order valence-electron chi connectivity index (χ1n) is 4.70. The van der Waals surface area contributed by atoms with Crippen molar-refractivity contribution in [2.75, 3.05) is 5.73 Å². The van der Waals surface area contributed by atoms with Crippen molar-refractivity contribution < 1.29 is 17.9 Å². The van der Waals surface area contributed by atoms with E-state index in [0.29, 0.717) is 0 Å². The van der Waals surface area contributed by atoms with Crippen molar-refractivity contribution in [2.45, 2.75) is 13.1 Å². The standard InChI is InChI=1S/C11H11F3N2O/c1-2-3-10(16)17-7-4-5-9(15)8(6-7)11(12,13)14/h2-6,16H,15H2,1H3/b3-2+,16-10?. The predicted octanol–water partition coefficient (Wildman–Crippen LogP) is 3.22. The molecule has 0 amide bonds. The molecule has 0 radical (unpaired) electrons. The van der Waals surface area contributed by atoms with Crippen LogP contribution in [0.4, 0.5) is 18.9 Å². The minimum Gasteiger partial charge on any atom is -0.440 e. The van der Waals surface area contributed by atoms with Gasteiger partial charge in [0.1, 0.15) is 5.75 Å². The first kappa shape index (κ1) is 13.1. The van der Waals surface area contributed by atoms with Crippen molar-refractivity contribution in [1.29, 1.82) is 5.41 Å². The number of allylic oxidation sites excluding steroid dienone is 1. The Morgan fingerprint density at radius 1 is 1.41 bits per heavy atom. The number of hydrogen-bond donors (Lipinski definition) is 2. The lowest BCUT2D eigenvalue weighted by molar-refractivity contribution is -0.137. The molecule has 1 aromatic carbocycles. The molecule has 0 aliphatic heterocycles. The number of benzene rings is 1. The molecule has 92 valence electrons. The van der Waals surface area contributed by atoms with E-state index in [-0.39, 0.29) is 17.3 Å². The normalized spacial score (nSPS) is 11.8. The van der Waals surface area contributed by atoms with E-state index < -0.39 is 11.7 Å². The minimum absolute atomic E-state index is 0.0744. The molecule has 0 saturated carbocycles. The van der Waals surface area contributed by atoms with Crippen LogP contribution in [-0.2, 0) is 6.18 Å². The summed E-state index contributed by atoms with van der Waals surface area (Å²) in [4.78, 5) is 0. The van der Waals surface area contributed by atoms with Crippen LogP contribution in [0.2, 0.25) is 0 Å². The average Bonchev–Trinajstić information content (AvgIpc) is 2.19. The second kappa shape index (κ2) is 4.90. The Kier molecular flexibility index (Phi) is 3.77. The number of alkyl halides is 3. The molecule has 3 N–H and O–H groups in total. The van der Waals surface area contributed by atoms with Gasteiger partial charge in [-0.1, -0.05) is 6.08 Å². The van der Waals surface area contributed by atoms with Gasteiger partial charge in [0.25, 0.3) is 0 Å². The molecule has 1 aromatic rings. The van der Waals surface area contributed by atoms with Crippen molar-refractivity contribution in [1.82, 2.24) is 0 Å². The lowest BCUT2D eigenvalue weighted by Gasteiger charge is -2.11. The van der Waals surface area contributed by atoms with E-state index in [1.807, 2.05) is 0 Å². The number of hydrogen-bond acceptors (Lipinski definition) is 3. The van der Waals surface area contributed by atoms with E-state index in [1.165, 1.54) is 12.1 Å². The van der Waals surface area contributed by atoms with Crippen LogP contribution in [0.1, 0.15) is 12.5 Å². The van der Waals surface area contributed by atoms with E-state index >= 15 is 0 Å². The third kappa shape index (κ3) is 3.51. The van der Waals surface area contributed by atoms with E-state index in [0.717, 1.165) is 12.1 Å². The number of ether oxygens (including phenoxy) is 1. The summed E-state index contributed by atoms with van der Waals surface area (Å²) < 4.78 is 42.4. The minimum atomic E-state index is -4.54. The predicted molar refractivity (Wildman–Crippen MR) is 59.0 cm³/mol. The van der Waals surface area contributed by atoms with E-state index in [4.69, 9.17) is 15.9 Å². The number of anilines is 1. The van der Waals surface area contributed by atoms with Crippen LogP contribution in [0.25, 0.3) is 0 Å².